The maximum Gasteiger partial charge on any atom is 0.0949 e. The molecule has 64 valence electrons. The van der Waals surface area contributed by atoms with Gasteiger partial charge < -0.3 is 10.6 Å². The van der Waals surface area contributed by atoms with Crippen molar-refractivity contribution in [1.29, 1.82) is 5.41 Å². The van der Waals surface area contributed by atoms with Gasteiger partial charge in [0, 0.05) is 12.5 Å². The fraction of sp³-hybridized carbons (Fsp3) is 0.875. The van der Waals surface area contributed by atoms with Crippen LogP contribution in [0.2, 0.25) is 0 Å². The number of piperidine rings is 1. The van der Waals surface area contributed by atoms with E-state index in [0.29, 0.717) is 11.8 Å². The van der Waals surface area contributed by atoms with Crippen molar-refractivity contribution < 1.29 is 0 Å². The predicted molar refractivity (Wildman–Crippen MR) is 46.8 cm³/mol. The molecule has 1 aliphatic rings. The minimum Gasteiger partial charge on any atom is -0.387 e. The Morgan fingerprint density at radius 1 is 1.73 bits per heavy atom. The minimum atomic E-state index is 0.323. The summed E-state index contributed by atoms with van der Waals surface area (Å²) in [5.41, 5.74) is 5.44. The monoisotopic (exact) mass is 155 g/mol. The fourth-order valence-electron chi connectivity index (χ4n) is 1.60. The molecule has 1 fully saturated rings. The van der Waals surface area contributed by atoms with E-state index in [4.69, 9.17) is 11.1 Å². The van der Waals surface area contributed by atoms with Gasteiger partial charge in [-0.2, -0.15) is 0 Å². The van der Waals surface area contributed by atoms with Crippen molar-refractivity contribution in [3.63, 3.8) is 0 Å². The quantitative estimate of drug-likeness (QED) is 0.454. The smallest absolute Gasteiger partial charge is 0.0949 e. The van der Waals surface area contributed by atoms with Crippen molar-refractivity contribution in [3.05, 3.63) is 0 Å². The van der Waals surface area contributed by atoms with Gasteiger partial charge in [-0.15, -0.1) is 0 Å². The maximum atomic E-state index is 7.31. The van der Waals surface area contributed by atoms with Crippen LogP contribution in [0, 0.1) is 11.3 Å². The van der Waals surface area contributed by atoms with Gasteiger partial charge in [0.25, 0.3) is 0 Å². The van der Waals surface area contributed by atoms with Crippen LogP contribution in [0.15, 0.2) is 0 Å². The Labute approximate surface area is 68.1 Å². The highest BCUT2D eigenvalue weighted by molar-refractivity contribution is 5.79. The fourth-order valence-corrected chi connectivity index (χ4v) is 1.60. The molecule has 0 aromatic rings. The van der Waals surface area contributed by atoms with Gasteiger partial charge in [0.05, 0.1) is 5.84 Å². The van der Waals surface area contributed by atoms with Crippen LogP contribution in [0.4, 0.5) is 0 Å². The zero-order chi connectivity index (χ0) is 8.27. The van der Waals surface area contributed by atoms with Crippen LogP contribution < -0.4 is 5.73 Å². The Morgan fingerprint density at radius 3 is 3.00 bits per heavy atom. The summed E-state index contributed by atoms with van der Waals surface area (Å²) < 4.78 is 0. The summed E-state index contributed by atoms with van der Waals surface area (Å²) in [4.78, 5) is 2.36. The number of amidine groups is 1. The Balaban J connectivity index is 2.39. The molecule has 1 heterocycles. The molecule has 0 bridgehead atoms. The lowest BCUT2D eigenvalue weighted by molar-refractivity contribution is 0.213. The molecule has 3 N–H and O–H groups in total. The summed E-state index contributed by atoms with van der Waals surface area (Å²) in [6, 6.07) is 0. The molecule has 1 aliphatic heterocycles. The molecule has 1 saturated heterocycles. The largest absolute Gasteiger partial charge is 0.387 e. The molecule has 0 aliphatic carbocycles. The summed E-state index contributed by atoms with van der Waals surface area (Å²) in [5, 5.41) is 7.31. The molecular formula is C8H17N3. The molecule has 1 atom stereocenters. The van der Waals surface area contributed by atoms with Gasteiger partial charge in [-0.3, -0.25) is 5.41 Å². The average Bonchev–Trinajstić information content (AvgIpc) is 2.05. The number of rotatable bonds is 2. The van der Waals surface area contributed by atoms with Crippen molar-refractivity contribution in [2.24, 2.45) is 11.7 Å². The van der Waals surface area contributed by atoms with E-state index in [0.717, 1.165) is 19.5 Å². The first-order chi connectivity index (χ1) is 5.24. The Kier molecular flexibility index (Phi) is 2.88. The Morgan fingerprint density at radius 2 is 2.45 bits per heavy atom. The van der Waals surface area contributed by atoms with Gasteiger partial charge in [-0.25, -0.2) is 0 Å². The predicted octanol–water partition coefficient (Wildman–Crippen LogP) is 0.654. The molecule has 1 unspecified atom stereocenters. The molecule has 11 heavy (non-hydrogen) atoms. The van der Waals surface area contributed by atoms with Crippen molar-refractivity contribution in [2.75, 3.05) is 19.6 Å². The third kappa shape index (κ3) is 2.19. The van der Waals surface area contributed by atoms with Crippen LogP contribution in [-0.4, -0.2) is 30.4 Å². The van der Waals surface area contributed by atoms with Crippen LogP contribution >= 0.6 is 0 Å². The van der Waals surface area contributed by atoms with E-state index >= 15 is 0 Å². The second-order valence-corrected chi connectivity index (χ2v) is 3.19. The standard InChI is InChI=1S/C8H17N3/c1-2-11-5-3-4-7(6-11)8(9)10/h7H,2-6H2,1H3,(H3,9,10). The van der Waals surface area contributed by atoms with Gasteiger partial charge in [0.2, 0.25) is 0 Å². The van der Waals surface area contributed by atoms with E-state index < -0.39 is 0 Å². The summed E-state index contributed by atoms with van der Waals surface area (Å²) in [6.07, 6.45) is 2.30. The normalized spacial score (nSPS) is 26.8. The van der Waals surface area contributed by atoms with Crippen LogP contribution in [0.25, 0.3) is 0 Å². The van der Waals surface area contributed by atoms with E-state index in [1.54, 1.807) is 0 Å². The van der Waals surface area contributed by atoms with Crippen molar-refractivity contribution in [3.8, 4) is 0 Å². The topological polar surface area (TPSA) is 53.1 Å². The first-order valence-electron chi connectivity index (χ1n) is 4.30. The molecule has 0 aromatic heterocycles. The highest BCUT2D eigenvalue weighted by Gasteiger charge is 2.20. The van der Waals surface area contributed by atoms with E-state index in [-0.39, 0.29) is 0 Å². The van der Waals surface area contributed by atoms with Crippen LogP contribution in [0.1, 0.15) is 19.8 Å². The number of nitrogens with zero attached hydrogens (tertiary/aromatic N) is 1. The van der Waals surface area contributed by atoms with Gasteiger partial charge in [0.1, 0.15) is 0 Å². The second-order valence-electron chi connectivity index (χ2n) is 3.19. The van der Waals surface area contributed by atoms with Gasteiger partial charge in [-0.1, -0.05) is 6.92 Å². The Bertz CT molecular complexity index is 144. The molecular weight excluding hydrogens is 138 g/mol. The number of hydrogen-bond acceptors (Lipinski definition) is 2. The van der Waals surface area contributed by atoms with Gasteiger partial charge >= 0.3 is 0 Å². The molecule has 0 radical (unpaired) electrons. The first kappa shape index (κ1) is 8.53. The SMILES string of the molecule is CCN1CCCC(C(=N)N)C1. The number of nitrogens with one attached hydrogen (secondary N) is 1. The number of nitrogens with two attached hydrogens (primary N) is 1. The molecule has 0 spiro atoms. The third-order valence-electron chi connectivity index (χ3n) is 2.39. The number of likely N-dealkylation sites (tertiary alicyclic amines) is 1. The summed E-state index contributed by atoms with van der Waals surface area (Å²) >= 11 is 0. The zero-order valence-corrected chi connectivity index (χ0v) is 7.14. The van der Waals surface area contributed by atoms with Crippen LogP contribution in [0.5, 0.6) is 0 Å². The lowest BCUT2D eigenvalue weighted by atomic mass is 9.97. The summed E-state index contributed by atoms with van der Waals surface area (Å²) in [5.74, 6) is 0.687. The second kappa shape index (κ2) is 3.72. The highest BCUT2D eigenvalue weighted by Crippen LogP contribution is 2.15. The van der Waals surface area contributed by atoms with Crippen molar-refractivity contribution >= 4 is 5.84 Å². The summed E-state index contributed by atoms with van der Waals surface area (Å²) in [7, 11) is 0. The van der Waals surface area contributed by atoms with E-state index in [1.165, 1.54) is 13.0 Å². The lowest BCUT2D eigenvalue weighted by Crippen LogP contribution is -2.40. The third-order valence-corrected chi connectivity index (χ3v) is 2.39. The maximum absolute atomic E-state index is 7.31. The van der Waals surface area contributed by atoms with E-state index in [9.17, 15) is 0 Å². The Hall–Kier alpha value is -0.570. The average molecular weight is 155 g/mol. The van der Waals surface area contributed by atoms with Crippen molar-refractivity contribution in [1.82, 2.24) is 4.90 Å². The summed E-state index contributed by atoms with van der Waals surface area (Å²) in [6.45, 7) is 5.42. The number of hydrogen-bond donors (Lipinski definition) is 2. The molecule has 0 aromatic carbocycles. The van der Waals surface area contributed by atoms with Crippen LogP contribution in [0.3, 0.4) is 0 Å². The molecule has 0 amide bonds. The lowest BCUT2D eigenvalue weighted by Gasteiger charge is -2.30. The van der Waals surface area contributed by atoms with Crippen LogP contribution in [-0.2, 0) is 0 Å². The van der Waals surface area contributed by atoms with E-state index in [2.05, 4.69) is 11.8 Å². The zero-order valence-electron chi connectivity index (χ0n) is 7.14. The molecule has 3 heteroatoms. The first-order valence-corrected chi connectivity index (χ1v) is 4.30. The van der Waals surface area contributed by atoms with Gasteiger partial charge in [0.15, 0.2) is 0 Å². The van der Waals surface area contributed by atoms with E-state index in [1.807, 2.05) is 0 Å². The van der Waals surface area contributed by atoms with Crippen molar-refractivity contribution in [2.45, 2.75) is 19.8 Å². The molecule has 1 rings (SSSR count). The molecule has 3 nitrogen and oxygen atoms in total. The van der Waals surface area contributed by atoms with Gasteiger partial charge in [-0.05, 0) is 25.9 Å². The molecule has 0 saturated carbocycles. The highest BCUT2D eigenvalue weighted by atomic mass is 15.1. The minimum absolute atomic E-state index is 0.323.